The van der Waals surface area contributed by atoms with Crippen molar-refractivity contribution in [2.75, 3.05) is 4.90 Å². The molecule has 0 bridgehead atoms. The summed E-state index contributed by atoms with van der Waals surface area (Å²) >= 11 is 1.26. The number of amides is 1. The largest absolute Gasteiger partial charge is 0.507 e. The molecule has 0 saturated carbocycles. The lowest BCUT2D eigenvalue weighted by Crippen LogP contribution is -2.29. The molecule has 1 amide bonds. The lowest BCUT2D eigenvalue weighted by Gasteiger charge is -2.22. The Kier molecular flexibility index (Phi) is 5.37. The molecule has 1 N–H and O–H groups in total. The number of Topliss-reactive ketones (excluding diaryl/α,β-unsaturated/α-hetero) is 1. The highest BCUT2D eigenvalue weighted by Crippen LogP contribution is 2.44. The molecule has 9 nitrogen and oxygen atoms in total. The van der Waals surface area contributed by atoms with Crippen molar-refractivity contribution < 1.29 is 19.6 Å². The van der Waals surface area contributed by atoms with Gasteiger partial charge in [0, 0.05) is 30.1 Å². The number of benzene rings is 2. The van der Waals surface area contributed by atoms with E-state index < -0.39 is 22.7 Å². The number of thiazole rings is 1. The molecule has 1 fully saturated rings. The molecule has 1 atom stereocenters. The van der Waals surface area contributed by atoms with Crippen LogP contribution in [0.15, 0.2) is 66.5 Å². The molecule has 174 valence electrons. The fourth-order valence-electron chi connectivity index (χ4n) is 4.25. The van der Waals surface area contributed by atoms with Crippen LogP contribution in [0.4, 0.5) is 10.8 Å². The molecule has 1 aliphatic rings. The van der Waals surface area contributed by atoms with Gasteiger partial charge in [0.2, 0.25) is 0 Å². The predicted octanol–water partition coefficient (Wildman–Crippen LogP) is 4.84. The molecule has 0 radical (unpaired) electrons. The molecule has 35 heavy (non-hydrogen) atoms. The second kappa shape index (κ2) is 8.41. The Labute approximate surface area is 203 Å². The number of rotatable bonds is 4. The molecular formula is C25H18N4O5S. The van der Waals surface area contributed by atoms with Gasteiger partial charge >= 0.3 is 5.91 Å². The van der Waals surface area contributed by atoms with Gasteiger partial charge in [-0.1, -0.05) is 17.4 Å². The topological polar surface area (TPSA) is 127 Å². The number of anilines is 1. The summed E-state index contributed by atoms with van der Waals surface area (Å²) in [5, 5.41) is 22.6. The molecule has 4 aromatic rings. The van der Waals surface area contributed by atoms with Gasteiger partial charge in [-0.2, -0.15) is 0 Å². The van der Waals surface area contributed by atoms with Crippen LogP contribution >= 0.6 is 11.3 Å². The number of non-ortho nitro benzene ring substituents is 1. The zero-order valence-corrected chi connectivity index (χ0v) is 19.4. The molecule has 1 aliphatic heterocycles. The van der Waals surface area contributed by atoms with Crippen molar-refractivity contribution >= 4 is 49.8 Å². The van der Waals surface area contributed by atoms with Crippen LogP contribution in [-0.4, -0.2) is 31.7 Å². The number of hydrogen-bond donors (Lipinski definition) is 1. The minimum Gasteiger partial charge on any atom is -0.507 e. The summed E-state index contributed by atoms with van der Waals surface area (Å²) in [5.41, 5.74) is 3.18. The van der Waals surface area contributed by atoms with Crippen LogP contribution in [0.2, 0.25) is 0 Å². The van der Waals surface area contributed by atoms with E-state index in [1.165, 1.54) is 65.0 Å². The van der Waals surface area contributed by atoms with Crippen molar-refractivity contribution in [3.8, 4) is 0 Å². The number of fused-ring (bicyclic) bond motifs is 1. The molecule has 2 aromatic carbocycles. The van der Waals surface area contributed by atoms with E-state index in [0.717, 1.165) is 15.8 Å². The second-order valence-electron chi connectivity index (χ2n) is 8.18. The molecule has 1 unspecified atom stereocenters. The number of nitrogens with zero attached hydrogens (tertiary/aromatic N) is 4. The van der Waals surface area contributed by atoms with E-state index in [0.29, 0.717) is 21.8 Å². The fourth-order valence-corrected chi connectivity index (χ4v) is 5.42. The van der Waals surface area contributed by atoms with Crippen molar-refractivity contribution in [1.82, 2.24) is 9.97 Å². The number of nitro benzene ring substituents is 1. The number of pyridine rings is 1. The van der Waals surface area contributed by atoms with E-state index in [2.05, 4.69) is 9.97 Å². The monoisotopic (exact) mass is 486 g/mol. The van der Waals surface area contributed by atoms with Gasteiger partial charge in [-0.05, 0) is 60.9 Å². The maximum atomic E-state index is 13.3. The first-order valence-electron chi connectivity index (χ1n) is 10.6. The van der Waals surface area contributed by atoms with Crippen LogP contribution in [0.25, 0.3) is 16.0 Å². The number of aromatic nitrogens is 2. The maximum absolute atomic E-state index is 13.3. The van der Waals surface area contributed by atoms with Gasteiger partial charge in [0.25, 0.3) is 11.5 Å². The van der Waals surface area contributed by atoms with E-state index >= 15 is 0 Å². The van der Waals surface area contributed by atoms with Crippen LogP contribution in [0.5, 0.6) is 0 Å². The van der Waals surface area contributed by atoms with E-state index in [-0.39, 0.29) is 17.0 Å². The molecule has 5 rings (SSSR count). The Morgan fingerprint density at radius 2 is 1.77 bits per heavy atom. The van der Waals surface area contributed by atoms with Crippen molar-refractivity contribution in [2.45, 2.75) is 19.9 Å². The van der Waals surface area contributed by atoms with Crippen molar-refractivity contribution in [3.05, 3.63) is 98.9 Å². The van der Waals surface area contributed by atoms with Gasteiger partial charge in [0.1, 0.15) is 5.76 Å². The number of aryl methyl sites for hydroxylation is 2. The first kappa shape index (κ1) is 22.4. The number of ketones is 1. The Morgan fingerprint density at radius 3 is 2.43 bits per heavy atom. The minimum absolute atomic E-state index is 0.123. The van der Waals surface area contributed by atoms with Gasteiger partial charge in [0.05, 0.1) is 26.8 Å². The van der Waals surface area contributed by atoms with Crippen LogP contribution in [0, 0.1) is 24.0 Å². The highest BCUT2D eigenvalue weighted by molar-refractivity contribution is 7.22. The quantitative estimate of drug-likeness (QED) is 0.144. The lowest BCUT2D eigenvalue weighted by molar-refractivity contribution is -0.384. The van der Waals surface area contributed by atoms with E-state index in [4.69, 9.17) is 0 Å². The SMILES string of the molecule is Cc1cc(C)c2nc(N3C(=O)C(=O)/C(=C(/O)c4ccncc4)C3c3ccc([N+](=O)[O-])cc3)sc2c1. The van der Waals surface area contributed by atoms with Crippen molar-refractivity contribution in [3.63, 3.8) is 0 Å². The third-order valence-corrected chi connectivity index (χ3v) is 6.84. The summed E-state index contributed by atoms with van der Waals surface area (Å²) in [7, 11) is 0. The van der Waals surface area contributed by atoms with E-state index in [1.54, 1.807) is 0 Å². The van der Waals surface area contributed by atoms with Crippen LogP contribution in [-0.2, 0) is 9.59 Å². The van der Waals surface area contributed by atoms with Crippen LogP contribution in [0.1, 0.15) is 28.3 Å². The molecule has 1 saturated heterocycles. The average Bonchev–Trinajstić information content (AvgIpc) is 3.38. The number of nitro groups is 1. The zero-order valence-electron chi connectivity index (χ0n) is 18.6. The maximum Gasteiger partial charge on any atom is 0.301 e. The summed E-state index contributed by atoms with van der Waals surface area (Å²) in [6.07, 6.45) is 2.93. The fraction of sp³-hybridized carbons (Fsp3) is 0.120. The molecule has 0 spiro atoms. The zero-order chi connectivity index (χ0) is 24.9. The molecular weight excluding hydrogens is 468 g/mol. The summed E-state index contributed by atoms with van der Waals surface area (Å²) in [6, 6.07) is 11.5. The molecule has 0 aliphatic carbocycles. The van der Waals surface area contributed by atoms with Gasteiger partial charge in [-0.15, -0.1) is 0 Å². The second-order valence-corrected chi connectivity index (χ2v) is 9.19. The number of carbonyl (C=O) groups excluding carboxylic acids is 2. The van der Waals surface area contributed by atoms with Gasteiger partial charge in [-0.3, -0.25) is 29.6 Å². The van der Waals surface area contributed by atoms with Crippen LogP contribution < -0.4 is 4.90 Å². The third kappa shape index (κ3) is 3.73. The Morgan fingerprint density at radius 1 is 1.09 bits per heavy atom. The van der Waals surface area contributed by atoms with E-state index in [1.807, 2.05) is 26.0 Å². The lowest BCUT2D eigenvalue weighted by atomic mass is 9.95. The Hall–Kier alpha value is -4.44. The van der Waals surface area contributed by atoms with Crippen molar-refractivity contribution in [1.29, 1.82) is 0 Å². The molecule has 10 heteroatoms. The van der Waals surface area contributed by atoms with E-state index in [9.17, 15) is 24.8 Å². The highest BCUT2D eigenvalue weighted by atomic mass is 32.1. The van der Waals surface area contributed by atoms with Gasteiger partial charge < -0.3 is 5.11 Å². The Balaban J connectivity index is 1.74. The highest BCUT2D eigenvalue weighted by Gasteiger charge is 2.48. The first-order valence-corrected chi connectivity index (χ1v) is 11.4. The van der Waals surface area contributed by atoms with Gasteiger partial charge in [0.15, 0.2) is 5.13 Å². The van der Waals surface area contributed by atoms with Gasteiger partial charge in [-0.25, -0.2) is 4.98 Å². The predicted molar refractivity (Wildman–Crippen MR) is 131 cm³/mol. The molecule has 3 heterocycles. The summed E-state index contributed by atoms with van der Waals surface area (Å²) in [4.78, 5) is 47.0. The average molecular weight is 487 g/mol. The summed E-state index contributed by atoms with van der Waals surface area (Å²) < 4.78 is 0.857. The first-order chi connectivity index (χ1) is 16.8. The number of aliphatic hydroxyl groups is 1. The summed E-state index contributed by atoms with van der Waals surface area (Å²) in [5.74, 6) is -2.06. The molecule has 2 aromatic heterocycles. The van der Waals surface area contributed by atoms with Crippen molar-refractivity contribution in [2.24, 2.45) is 0 Å². The third-order valence-electron chi connectivity index (χ3n) is 5.84. The normalized spacial score (nSPS) is 17.3. The number of hydrogen-bond acceptors (Lipinski definition) is 8. The standard InChI is InChI=1S/C25H18N4O5S/c1-13-11-14(2)20-18(12-13)35-25(27-20)28-21(15-3-5-17(6-4-15)29(33)34)19(23(31)24(28)32)22(30)16-7-9-26-10-8-16/h3-12,21,30H,1-2H3/b22-19+. The Bertz CT molecular complexity index is 1540. The minimum atomic E-state index is -1.02. The summed E-state index contributed by atoms with van der Waals surface area (Å²) in [6.45, 7) is 3.88. The van der Waals surface area contributed by atoms with Crippen LogP contribution in [0.3, 0.4) is 0 Å². The number of carbonyl (C=O) groups is 2. The number of aliphatic hydroxyl groups excluding tert-OH is 1. The smallest absolute Gasteiger partial charge is 0.301 e.